The summed E-state index contributed by atoms with van der Waals surface area (Å²) in [5, 5.41) is 5.64. The van der Waals surface area contributed by atoms with Crippen molar-refractivity contribution in [2.45, 2.75) is 38.0 Å². The van der Waals surface area contributed by atoms with Gasteiger partial charge in [-0.2, -0.15) is 5.10 Å². The van der Waals surface area contributed by atoms with Gasteiger partial charge in [-0.05, 0) is 96.3 Å². The molecular weight excluding hydrogens is 366 g/mol. The molecule has 0 saturated heterocycles. The molecule has 4 heteroatoms. The van der Waals surface area contributed by atoms with Gasteiger partial charge >= 0.3 is 0 Å². The first-order valence-electron chi connectivity index (χ1n) is 10.0. The molecule has 29 heavy (non-hydrogen) atoms. The molecule has 2 nitrogen and oxygen atoms in total. The van der Waals surface area contributed by atoms with E-state index in [1.165, 1.54) is 23.3 Å². The van der Waals surface area contributed by atoms with E-state index in [1.807, 2.05) is 23.0 Å². The first kappa shape index (κ1) is 18.0. The van der Waals surface area contributed by atoms with Crippen LogP contribution in [0.4, 0.5) is 8.78 Å². The molecule has 0 amide bonds. The summed E-state index contributed by atoms with van der Waals surface area (Å²) in [6.07, 6.45) is 6.04. The lowest BCUT2D eigenvalue weighted by molar-refractivity contribution is 0.391. The predicted octanol–water partition coefficient (Wildman–Crippen LogP) is 6.14. The Kier molecular flexibility index (Phi) is 4.23. The standard InChI is InChI=1S/C25H22F2N2/c1-25(15-17-4-6-20(26)7-5-17)12-2-3-18-14-24-19(13-23(18)25)16-28-29(24)22-10-8-21(27)9-11-22/h4-11,13-14,16H,2-3,12,15H2,1H3. The minimum absolute atomic E-state index is 0.0115. The van der Waals surface area contributed by atoms with Crippen LogP contribution in [-0.4, -0.2) is 9.78 Å². The summed E-state index contributed by atoms with van der Waals surface area (Å²) < 4.78 is 28.5. The van der Waals surface area contributed by atoms with Crippen molar-refractivity contribution in [2.24, 2.45) is 0 Å². The van der Waals surface area contributed by atoms with Crippen LogP contribution in [0.2, 0.25) is 0 Å². The topological polar surface area (TPSA) is 17.8 Å². The van der Waals surface area contributed by atoms with Gasteiger partial charge in [-0.3, -0.25) is 0 Å². The Labute approximate surface area is 168 Å². The van der Waals surface area contributed by atoms with E-state index in [2.05, 4.69) is 24.2 Å². The number of nitrogens with zero attached hydrogens (tertiary/aromatic N) is 2. The van der Waals surface area contributed by atoms with Gasteiger partial charge in [0.2, 0.25) is 0 Å². The molecule has 0 aliphatic heterocycles. The van der Waals surface area contributed by atoms with E-state index in [0.29, 0.717) is 0 Å². The summed E-state index contributed by atoms with van der Waals surface area (Å²) in [6.45, 7) is 2.31. The Morgan fingerprint density at radius 3 is 2.38 bits per heavy atom. The van der Waals surface area contributed by atoms with Gasteiger partial charge in [0.1, 0.15) is 11.6 Å². The van der Waals surface area contributed by atoms with E-state index in [-0.39, 0.29) is 17.0 Å². The maximum atomic E-state index is 13.3. The number of hydrogen-bond donors (Lipinski definition) is 0. The van der Waals surface area contributed by atoms with Crippen molar-refractivity contribution in [3.63, 3.8) is 0 Å². The molecule has 1 aliphatic carbocycles. The molecule has 5 rings (SSSR count). The number of aromatic nitrogens is 2. The molecule has 0 bridgehead atoms. The minimum atomic E-state index is -0.251. The third-order valence-electron chi connectivity index (χ3n) is 6.20. The molecule has 1 aliphatic rings. The molecule has 1 atom stereocenters. The summed E-state index contributed by atoms with van der Waals surface area (Å²) in [7, 11) is 0. The van der Waals surface area contributed by atoms with Gasteiger partial charge in [-0.1, -0.05) is 19.1 Å². The van der Waals surface area contributed by atoms with Crippen LogP contribution in [0.25, 0.3) is 16.6 Å². The molecule has 4 aromatic rings. The summed E-state index contributed by atoms with van der Waals surface area (Å²) >= 11 is 0. The number of aryl methyl sites for hydroxylation is 1. The van der Waals surface area contributed by atoms with Crippen LogP contribution in [0, 0.1) is 11.6 Å². The summed E-state index contributed by atoms with van der Waals surface area (Å²) in [5.74, 6) is -0.447. The van der Waals surface area contributed by atoms with Crippen LogP contribution in [0.1, 0.15) is 36.5 Å². The third kappa shape index (κ3) is 3.23. The lowest BCUT2D eigenvalue weighted by atomic mass is 9.68. The fourth-order valence-electron chi connectivity index (χ4n) is 4.71. The molecule has 0 N–H and O–H groups in total. The number of fused-ring (bicyclic) bond motifs is 2. The minimum Gasteiger partial charge on any atom is -0.233 e. The fourth-order valence-corrected chi connectivity index (χ4v) is 4.71. The second-order valence-electron chi connectivity index (χ2n) is 8.32. The van der Waals surface area contributed by atoms with Crippen molar-refractivity contribution in [3.05, 3.63) is 95.2 Å². The van der Waals surface area contributed by atoms with Crippen LogP contribution in [0.3, 0.4) is 0 Å². The molecule has 3 aromatic carbocycles. The van der Waals surface area contributed by atoms with Crippen molar-refractivity contribution in [3.8, 4) is 5.69 Å². The zero-order chi connectivity index (χ0) is 20.0. The van der Waals surface area contributed by atoms with Crippen molar-refractivity contribution < 1.29 is 8.78 Å². The van der Waals surface area contributed by atoms with Crippen LogP contribution >= 0.6 is 0 Å². The first-order valence-corrected chi connectivity index (χ1v) is 10.0. The molecule has 1 heterocycles. The van der Waals surface area contributed by atoms with Crippen LogP contribution in [0.5, 0.6) is 0 Å². The quantitative estimate of drug-likeness (QED) is 0.412. The highest BCUT2D eigenvalue weighted by molar-refractivity contribution is 5.82. The normalized spacial score (nSPS) is 18.7. The van der Waals surface area contributed by atoms with E-state index in [0.717, 1.165) is 47.8 Å². The summed E-state index contributed by atoms with van der Waals surface area (Å²) in [5.41, 5.74) is 5.77. The average Bonchev–Trinajstić information content (AvgIpc) is 3.12. The average molecular weight is 388 g/mol. The molecular formula is C25H22F2N2. The van der Waals surface area contributed by atoms with Gasteiger partial charge in [-0.15, -0.1) is 0 Å². The Bertz CT molecular complexity index is 1180. The van der Waals surface area contributed by atoms with Crippen molar-refractivity contribution >= 4 is 10.9 Å². The van der Waals surface area contributed by atoms with Crippen LogP contribution in [0.15, 0.2) is 66.9 Å². The highest BCUT2D eigenvalue weighted by atomic mass is 19.1. The monoisotopic (exact) mass is 388 g/mol. The predicted molar refractivity (Wildman–Crippen MR) is 111 cm³/mol. The number of hydrogen-bond acceptors (Lipinski definition) is 1. The van der Waals surface area contributed by atoms with Crippen LogP contribution < -0.4 is 0 Å². The second-order valence-corrected chi connectivity index (χ2v) is 8.32. The largest absolute Gasteiger partial charge is 0.233 e. The first-order chi connectivity index (χ1) is 14.0. The molecule has 0 spiro atoms. The second kappa shape index (κ2) is 6.80. The summed E-state index contributed by atoms with van der Waals surface area (Å²) in [4.78, 5) is 0. The zero-order valence-corrected chi connectivity index (χ0v) is 16.3. The maximum Gasteiger partial charge on any atom is 0.123 e. The van der Waals surface area contributed by atoms with Gasteiger partial charge in [0.05, 0.1) is 17.4 Å². The van der Waals surface area contributed by atoms with Gasteiger partial charge in [0.25, 0.3) is 0 Å². The SMILES string of the molecule is CC1(Cc2ccc(F)cc2)CCCc2cc3c(cnn3-c3ccc(F)cc3)cc21. The number of benzene rings is 3. The molecule has 0 fully saturated rings. The molecule has 146 valence electrons. The Morgan fingerprint density at radius 1 is 0.966 bits per heavy atom. The maximum absolute atomic E-state index is 13.3. The zero-order valence-electron chi connectivity index (χ0n) is 16.3. The van der Waals surface area contributed by atoms with E-state index < -0.39 is 0 Å². The van der Waals surface area contributed by atoms with Crippen molar-refractivity contribution in [2.75, 3.05) is 0 Å². The van der Waals surface area contributed by atoms with Crippen LogP contribution in [-0.2, 0) is 18.3 Å². The van der Waals surface area contributed by atoms with E-state index in [1.54, 1.807) is 24.3 Å². The van der Waals surface area contributed by atoms with E-state index in [9.17, 15) is 8.78 Å². The van der Waals surface area contributed by atoms with Crippen molar-refractivity contribution in [1.82, 2.24) is 9.78 Å². The van der Waals surface area contributed by atoms with Gasteiger partial charge in [0.15, 0.2) is 0 Å². The van der Waals surface area contributed by atoms with Gasteiger partial charge < -0.3 is 0 Å². The van der Waals surface area contributed by atoms with Gasteiger partial charge in [-0.25, -0.2) is 13.5 Å². The lowest BCUT2D eigenvalue weighted by Gasteiger charge is -2.36. The Balaban J connectivity index is 1.57. The Morgan fingerprint density at radius 2 is 1.66 bits per heavy atom. The van der Waals surface area contributed by atoms with E-state index in [4.69, 9.17) is 0 Å². The number of halogens is 2. The lowest BCUT2D eigenvalue weighted by Crippen LogP contribution is -2.30. The molecule has 1 unspecified atom stereocenters. The Hall–Kier alpha value is -3.01. The summed E-state index contributed by atoms with van der Waals surface area (Å²) in [6, 6.07) is 17.8. The number of rotatable bonds is 3. The van der Waals surface area contributed by atoms with E-state index >= 15 is 0 Å². The molecule has 0 saturated carbocycles. The fraction of sp³-hybridized carbons (Fsp3) is 0.240. The smallest absolute Gasteiger partial charge is 0.123 e. The highest BCUT2D eigenvalue weighted by Crippen LogP contribution is 2.41. The molecule has 0 radical (unpaired) electrons. The third-order valence-corrected chi connectivity index (χ3v) is 6.20. The van der Waals surface area contributed by atoms with Gasteiger partial charge in [0, 0.05) is 5.39 Å². The van der Waals surface area contributed by atoms with Crippen molar-refractivity contribution in [1.29, 1.82) is 0 Å². The highest BCUT2D eigenvalue weighted by Gasteiger charge is 2.33. The molecule has 1 aromatic heterocycles.